The Morgan fingerprint density at radius 1 is 1.16 bits per heavy atom. The van der Waals surface area contributed by atoms with E-state index in [1.54, 1.807) is 13.2 Å². The molecule has 128 valence electrons. The van der Waals surface area contributed by atoms with Crippen LogP contribution in [0.1, 0.15) is 23.6 Å². The molecule has 0 N–H and O–H groups in total. The Morgan fingerprint density at radius 2 is 1.96 bits per heavy atom. The van der Waals surface area contributed by atoms with Crippen LogP contribution < -0.4 is 4.74 Å². The highest BCUT2D eigenvalue weighted by Crippen LogP contribution is 2.26. The molecule has 0 unspecified atom stereocenters. The molecule has 0 aliphatic carbocycles. The number of carbonyl (C=O) groups is 1. The molecule has 5 heteroatoms. The van der Waals surface area contributed by atoms with E-state index in [9.17, 15) is 4.79 Å². The lowest BCUT2D eigenvalue weighted by atomic mass is 10.1. The van der Waals surface area contributed by atoms with E-state index in [1.807, 2.05) is 55.5 Å². The Bertz CT molecular complexity index is 825. The number of methoxy groups -OCH3 is 1. The first-order valence-electron chi connectivity index (χ1n) is 8.04. The summed E-state index contributed by atoms with van der Waals surface area (Å²) in [7, 11) is 1.64. The highest BCUT2D eigenvalue weighted by molar-refractivity contribution is 6.12. The molecule has 1 aliphatic rings. The summed E-state index contributed by atoms with van der Waals surface area (Å²) in [5, 5.41) is 0. The summed E-state index contributed by atoms with van der Waals surface area (Å²) in [6.07, 6.45) is 1.68. The van der Waals surface area contributed by atoms with Gasteiger partial charge >= 0.3 is 5.97 Å². The van der Waals surface area contributed by atoms with Crippen molar-refractivity contribution in [3.8, 4) is 5.75 Å². The van der Waals surface area contributed by atoms with Gasteiger partial charge in [-0.3, -0.25) is 0 Å². The summed E-state index contributed by atoms with van der Waals surface area (Å²) in [4.78, 5) is 16.5. The van der Waals surface area contributed by atoms with Gasteiger partial charge < -0.3 is 14.2 Å². The van der Waals surface area contributed by atoms with Crippen LogP contribution in [-0.2, 0) is 20.9 Å². The van der Waals surface area contributed by atoms with Crippen molar-refractivity contribution >= 4 is 17.9 Å². The lowest BCUT2D eigenvalue weighted by molar-refractivity contribution is -0.129. The molecular formula is C20H19NO4. The van der Waals surface area contributed by atoms with Crippen LogP contribution in [0.25, 0.3) is 6.08 Å². The fourth-order valence-corrected chi connectivity index (χ4v) is 2.51. The molecule has 2 aromatic carbocycles. The lowest BCUT2D eigenvalue weighted by Crippen LogP contribution is -2.05. The molecule has 0 bridgehead atoms. The van der Waals surface area contributed by atoms with Crippen molar-refractivity contribution in [2.24, 2.45) is 4.99 Å². The number of esters is 1. The van der Waals surface area contributed by atoms with Gasteiger partial charge in [0.15, 0.2) is 5.70 Å². The van der Waals surface area contributed by atoms with E-state index < -0.39 is 5.97 Å². The third-order valence-electron chi connectivity index (χ3n) is 3.62. The number of benzene rings is 2. The zero-order valence-corrected chi connectivity index (χ0v) is 14.2. The summed E-state index contributed by atoms with van der Waals surface area (Å²) in [5.74, 6) is 0.521. The van der Waals surface area contributed by atoms with Crippen LogP contribution in [-0.4, -0.2) is 25.6 Å². The monoisotopic (exact) mass is 337 g/mol. The van der Waals surface area contributed by atoms with Gasteiger partial charge in [0.1, 0.15) is 5.75 Å². The van der Waals surface area contributed by atoms with Crippen LogP contribution in [0.5, 0.6) is 5.75 Å². The number of aliphatic imine (C=N–C) groups is 1. The fraction of sp³-hybridized carbons (Fsp3) is 0.200. The number of cyclic esters (lactones) is 1. The first-order chi connectivity index (χ1) is 12.2. The number of nitrogens with zero attached hydrogens (tertiary/aromatic N) is 1. The summed E-state index contributed by atoms with van der Waals surface area (Å²) < 4.78 is 16.1. The van der Waals surface area contributed by atoms with Crippen LogP contribution in [0.4, 0.5) is 0 Å². The van der Waals surface area contributed by atoms with E-state index in [0.29, 0.717) is 24.9 Å². The summed E-state index contributed by atoms with van der Waals surface area (Å²) in [6.45, 7) is 2.92. The van der Waals surface area contributed by atoms with E-state index in [4.69, 9.17) is 14.2 Å². The molecular weight excluding hydrogens is 318 g/mol. The molecule has 0 saturated heterocycles. The van der Waals surface area contributed by atoms with Crippen molar-refractivity contribution in [3.63, 3.8) is 0 Å². The minimum Gasteiger partial charge on any atom is -0.493 e. The van der Waals surface area contributed by atoms with Crippen LogP contribution in [0.2, 0.25) is 0 Å². The fourth-order valence-electron chi connectivity index (χ4n) is 2.51. The first kappa shape index (κ1) is 16.9. The van der Waals surface area contributed by atoms with Crippen LogP contribution in [0, 0.1) is 0 Å². The normalized spacial score (nSPS) is 15.2. The Morgan fingerprint density at radius 3 is 2.68 bits per heavy atom. The molecule has 1 heterocycles. The highest BCUT2D eigenvalue weighted by Gasteiger charge is 2.24. The maximum Gasteiger partial charge on any atom is 0.363 e. The summed E-state index contributed by atoms with van der Waals surface area (Å²) in [6, 6.07) is 15.1. The molecule has 0 spiro atoms. The largest absolute Gasteiger partial charge is 0.493 e. The van der Waals surface area contributed by atoms with Gasteiger partial charge in [0.2, 0.25) is 5.90 Å². The quantitative estimate of drug-likeness (QED) is 0.597. The second-order valence-electron chi connectivity index (χ2n) is 5.44. The van der Waals surface area contributed by atoms with Gasteiger partial charge in [0.05, 0.1) is 13.2 Å². The first-order valence-corrected chi connectivity index (χ1v) is 8.04. The van der Waals surface area contributed by atoms with E-state index in [0.717, 1.165) is 16.7 Å². The second kappa shape index (κ2) is 7.77. The van der Waals surface area contributed by atoms with Gasteiger partial charge in [-0.15, -0.1) is 0 Å². The van der Waals surface area contributed by atoms with Gasteiger partial charge in [-0.05, 0) is 42.8 Å². The number of ether oxygens (including phenoxy) is 3. The lowest BCUT2D eigenvalue weighted by Gasteiger charge is -2.09. The van der Waals surface area contributed by atoms with E-state index in [-0.39, 0.29) is 5.70 Å². The number of hydrogen-bond acceptors (Lipinski definition) is 5. The SMILES string of the molecule is CCOc1ccc(COC)cc1/C=C1\N=C(c2ccccc2)OC1=O. The molecule has 0 radical (unpaired) electrons. The maximum absolute atomic E-state index is 12.2. The average Bonchev–Trinajstić information content (AvgIpc) is 2.99. The van der Waals surface area contributed by atoms with Gasteiger partial charge in [-0.25, -0.2) is 9.79 Å². The minimum atomic E-state index is -0.474. The number of hydrogen-bond donors (Lipinski definition) is 0. The molecule has 1 aliphatic heterocycles. The zero-order chi connectivity index (χ0) is 17.6. The number of carbonyl (C=O) groups excluding carboxylic acids is 1. The van der Waals surface area contributed by atoms with Gasteiger partial charge in [-0.2, -0.15) is 0 Å². The molecule has 25 heavy (non-hydrogen) atoms. The van der Waals surface area contributed by atoms with Crippen molar-refractivity contribution < 1.29 is 19.0 Å². The third kappa shape index (κ3) is 3.95. The molecule has 0 amide bonds. The molecule has 3 rings (SSSR count). The van der Waals surface area contributed by atoms with E-state index in [2.05, 4.69) is 4.99 Å². The van der Waals surface area contributed by atoms with Gasteiger partial charge in [0, 0.05) is 18.2 Å². The predicted molar refractivity (Wildman–Crippen MR) is 95.4 cm³/mol. The van der Waals surface area contributed by atoms with Crippen molar-refractivity contribution in [2.75, 3.05) is 13.7 Å². The smallest absolute Gasteiger partial charge is 0.363 e. The van der Waals surface area contributed by atoms with E-state index >= 15 is 0 Å². The predicted octanol–water partition coefficient (Wildman–Crippen LogP) is 3.58. The van der Waals surface area contributed by atoms with Gasteiger partial charge in [0.25, 0.3) is 0 Å². The second-order valence-corrected chi connectivity index (χ2v) is 5.44. The molecule has 5 nitrogen and oxygen atoms in total. The highest BCUT2D eigenvalue weighted by atomic mass is 16.6. The topological polar surface area (TPSA) is 57.1 Å². The van der Waals surface area contributed by atoms with Crippen molar-refractivity contribution in [1.82, 2.24) is 0 Å². The average molecular weight is 337 g/mol. The van der Waals surface area contributed by atoms with Crippen LogP contribution >= 0.6 is 0 Å². The number of rotatable bonds is 6. The van der Waals surface area contributed by atoms with Crippen LogP contribution in [0.3, 0.4) is 0 Å². The van der Waals surface area contributed by atoms with Gasteiger partial charge in [-0.1, -0.05) is 24.3 Å². The van der Waals surface area contributed by atoms with Crippen molar-refractivity contribution in [1.29, 1.82) is 0 Å². The summed E-state index contributed by atoms with van der Waals surface area (Å²) >= 11 is 0. The molecule has 0 atom stereocenters. The standard InChI is InChI=1S/C20H19NO4/c1-3-24-18-10-9-14(13-23-2)11-16(18)12-17-20(22)25-19(21-17)15-7-5-4-6-8-15/h4-12H,3,13H2,1-2H3/b17-12-. The van der Waals surface area contributed by atoms with E-state index in [1.165, 1.54) is 0 Å². The third-order valence-corrected chi connectivity index (χ3v) is 3.62. The Hall–Kier alpha value is -2.92. The molecule has 0 fully saturated rings. The van der Waals surface area contributed by atoms with Crippen molar-refractivity contribution in [2.45, 2.75) is 13.5 Å². The maximum atomic E-state index is 12.2. The molecule has 0 aromatic heterocycles. The summed E-state index contributed by atoms with van der Waals surface area (Å²) in [5.41, 5.74) is 2.75. The molecule has 2 aromatic rings. The van der Waals surface area contributed by atoms with Crippen molar-refractivity contribution in [3.05, 3.63) is 70.9 Å². The molecule has 0 saturated carbocycles. The Balaban J connectivity index is 1.97. The Labute approximate surface area is 146 Å². The minimum absolute atomic E-state index is 0.245. The van der Waals surface area contributed by atoms with Crippen LogP contribution in [0.15, 0.2) is 59.2 Å². The Kier molecular flexibility index (Phi) is 5.26. The zero-order valence-electron chi connectivity index (χ0n) is 14.2.